The lowest BCUT2D eigenvalue weighted by Gasteiger charge is -2.30. The van der Waals surface area contributed by atoms with Crippen molar-refractivity contribution in [2.24, 2.45) is 10.9 Å². The molecule has 3 aliphatic rings. The van der Waals surface area contributed by atoms with E-state index in [2.05, 4.69) is 10.2 Å². The van der Waals surface area contributed by atoms with Crippen molar-refractivity contribution in [1.82, 2.24) is 4.90 Å². The largest absolute Gasteiger partial charge is 0.454 e. The van der Waals surface area contributed by atoms with Gasteiger partial charge in [0.25, 0.3) is 0 Å². The lowest BCUT2D eigenvalue weighted by molar-refractivity contribution is -0.119. The molecule has 2 aliphatic heterocycles. The van der Waals surface area contributed by atoms with Crippen molar-refractivity contribution in [3.63, 3.8) is 0 Å². The number of hydrogen-bond acceptors (Lipinski definition) is 4. The smallest absolute Gasteiger partial charge is 0.227 e. The molecule has 1 saturated heterocycles. The van der Waals surface area contributed by atoms with E-state index in [1.54, 1.807) is 0 Å². The summed E-state index contributed by atoms with van der Waals surface area (Å²) in [6.07, 6.45) is 7.91. The highest BCUT2D eigenvalue weighted by atomic mass is 16.5. The Hall–Kier alpha value is -2.82. The zero-order valence-electron chi connectivity index (χ0n) is 16.7. The quantitative estimate of drug-likeness (QED) is 0.739. The number of para-hydroxylation sites is 2. The van der Waals surface area contributed by atoms with Crippen LogP contribution in [0.25, 0.3) is 0 Å². The van der Waals surface area contributed by atoms with Crippen LogP contribution in [0.1, 0.15) is 50.5 Å². The molecule has 2 aromatic rings. The summed E-state index contributed by atoms with van der Waals surface area (Å²) >= 11 is 0. The maximum Gasteiger partial charge on any atom is 0.227 e. The van der Waals surface area contributed by atoms with E-state index in [1.807, 2.05) is 42.5 Å². The molecule has 0 bridgehead atoms. The first-order valence-corrected chi connectivity index (χ1v) is 10.8. The molecule has 1 N–H and O–H groups in total. The molecule has 2 fully saturated rings. The van der Waals surface area contributed by atoms with Crippen molar-refractivity contribution in [2.75, 3.05) is 18.4 Å². The minimum absolute atomic E-state index is 0.136. The molecule has 0 atom stereocenters. The molecule has 2 heterocycles. The van der Waals surface area contributed by atoms with Crippen LogP contribution in [0, 0.1) is 5.92 Å². The number of amidine groups is 1. The van der Waals surface area contributed by atoms with Gasteiger partial charge in [-0.25, -0.2) is 4.99 Å². The van der Waals surface area contributed by atoms with Crippen LogP contribution in [-0.2, 0) is 4.79 Å². The van der Waals surface area contributed by atoms with E-state index in [4.69, 9.17) is 9.73 Å². The Balaban J connectivity index is 1.51. The van der Waals surface area contributed by atoms with E-state index in [-0.39, 0.29) is 11.8 Å². The molecule has 0 unspecified atom stereocenters. The highest BCUT2D eigenvalue weighted by Gasteiger charge is 2.26. The normalized spacial score (nSPS) is 18.9. The Morgan fingerprint density at radius 3 is 2.59 bits per heavy atom. The van der Waals surface area contributed by atoms with Crippen LogP contribution in [0.15, 0.2) is 47.5 Å². The zero-order chi connectivity index (χ0) is 19.6. The average Bonchev–Trinajstić information content (AvgIpc) is 3.24. The summed E-state index contributed by atoms with van der Waals surface area (Å²) in [4.78, 5) is 20.0. The highest BCUT2D eigenvalue weighted by Crippen LogP contribution is 2.39. The monoisotopic (exact) mass is 389 g/mol. The van der Waals surface area contributed by atoms with Gasteiger partial charge >= 0.3 is 0 Å². The zero-order valence-corrected chi connectivity index (χ0v) is 16.7. The average molecular weight is 389 g/mol. The third-order valence-corrected chi connectivity index (χ3v) is 6.18. The maximum absolute atomic E-state index is 12.6. The molecule has 5 heteroatoms. The number of carbonyl (C=O) groups excluding carboxylic acids is 1. The number of rotatable bonds is 2. The van der Waals surface area contributed by atoms with Gasteiger partial charge in [-0.15, -0.1) is 0 Å². The molecule has 5 rings (SSSR count). The molecule has 29 heavy (non-hydrogen) atoms. The third-order valence-electron chi connectivity index (χ3n) is 6.18. The Labute approximate surface area is 171 Å². The summed E-state index contributed by atoms with van der Waals surface area (Å²) in [6.45, 7) is 2.00. The van der Waals surface area contributed by atoms with Crippen molar-refractivity contribution in [2.45, 2.75) is 44.9 Å². The lowest BCUT2D eigenvalue weighted by atomic mass is 10.1. The number of carbonyl (C=O) groups is 1. The number of aliphatic imine (C=N–C) groups is 1. The van der Waals surface area contributed by atoms with Crippen molar-refractivity contribution in [3.8, 4) is 11.5 Å². The minimum Gasteiger partial charge on any atom is -0.454 e. The number of ether oxygens (including phenoxy) is 1. The minimum atomic E-state index is 0.136. The number of fused-ring (bicyclic) bond motifs is 2. The number of hydrogen-bond donors (Lipinski definition) is 1. The van der Waals surface area contributed by atoms with E-state index in [9.17, 15) is 4.79 Å². The van der Waals surface area contributed by atoms with Crippen LogP contribution in [0.3, 0.4) is 0 Å². The molecule has 1 amide bonds. The van der Waals surface area contributed by atoms with Crippen LogP contribution in [-0.4, -0.2) is 29.7 Å². The van der Waals surface area contributed by atoms with E-state index >= 15 is 0 Å². The first-order chi connectivity index (χ1) is 14.3. The van der Waals surface area contributed by atoms with E-state index in [0.717, 1.165) is 73.0 Å². The van der Waals surface area contributed by atoms with Gasteiger partial charge in [-0.05, 0) is 62.4 Å². The Morgan fingerprint density at radius 1 is 0.966 bits per heavy atom. The summed E-state index contributed by atoms with van der Waals surface area (Å²) in [5, 5.41) is 3.13. The third kappa shape index (κ3) is 3.74. The molecule has 1 saturated carbocycles. The second kappa shape index (κ2) is 7.90. The number of likely N-dealkylation sites (tertiary alicyclic amines) is 1. The van der Waals surface area contributed by atoms with E-state index < -0.39 is 0 Å². The first-order valence-electron chi connectivity index (χ1n) is 10.8. The second-order valence-corrected chi connectivity index (χ2v) is 8.23. The van der Waals surface area contributed by atoms with Crippen LogP contribution >= 0.6 is 0 Å². The highest BCUT2D eigenvalue weighted by molar-refractivity contribution is 6.05. The Kier molecular flexibility index (Phi) is 4.96. The molecule has 150 valence electrons. The number of anilines is 1. The van der Waals surface area contributed by atoms with E-state index in [1.165, 1.54) is 19.3 Å². The summed E-state index contributed by atoms with van der Waals surface area (Å²) in [5.74, 6) is 2.78. The summed E-state index contributed by atoms with van der Waals surface area (Å²) in [7, 11) is 0. The summed E-state index contributed by atoms with van der Waals surface area (Å²) in [5.41, 5.74) is 2.62. The van der Waals surface area contributed by atoms with E-state index in [0.29, 0.717) is 0 Å². The van der Waals surface area contributed by atoms with Gasteiger partial charge in [0.05, 0.1) is 5.56 Å². The number of piperidine rings is 1. The van der Waals surface area contributed by atoms with Gasteiger partial charge in [0.2, 0.25) is 5.91 Å². The predicted molar refractivity (Wildman–Crippen MR) is 115 cm³/mol. The van der Waals surface area contributed by atoms with Crippen LogP contribution in [0.5, 0.6) is 11.5 Å². The van der Waals surface area contributed by atoms with Gasteiger partial charge in [-0.1, -0.05) is 25.0 Å². The Morgan fingerprint density at radius 2 is 1.76 bits per heavy atom. The molecule has 5 nitrogen and oxygen atoms in total. The molecule has 1 aliphatic carbocycles. The topological polar surface area (TPSA) is 53.9 Å². The fourth-order valence-corrected chi connectivity index (χ4v) is 4.58. The molecular weight excluding hydrogens is 362 g/mol. The SMILES string of the molecule is O=C(Nc1ccc2c(c1)C(N1CCCCC1)=Nc1ccccc1O2)C1CCCC1. The molecule has 2 aromatic carbocycles. The summed E-state index contributed by atoms with van der Waals surface area (Å²) in [6, 6.07) is 13.8. The fourth-order valence-electron chi connectivity index (χ4n) is 4.58. The van der Waals surface area contributed by atoms with Gasteiger partial charge in [-0.3, -0.25) is 4.79 Å². The van der Waals surface area contributed by atoms with Crippen molar-refractivity contribution in [1.29, 1.82) is 0 Å². The molecule has 0 aromatic heterocycles. The summed E-state index contributed by atoms with van der Waals surface area (Å²) < 4.78 is 6.23. The number of nitrogens with zero attached hydrogens (tertiary/aromatic N) is 2. The van der Waals surface area contributed by atoms with Crippen molar-refractivity contribution in [3.05, 3.63) is 48.0 Å². The van der Waals surface area contributed by atoms with Crippen molar-refractivity contribution >= 4 is 23.1 Å². The first kappa shape index (κ1) is 18.2. The van der Waals surface area contributed by atoms with Gasteiger partial charge in [0.1, 0.15) is 17.3 Å². The molecular formula is C24H27N3O2. The lowest BCUT2D eigenvalue weighted by Crippen LogP contribution is -2.36. The van der Waals surface area contributed by atoms with Gasteiger partial charge in [-0.2, -0.15) is 0 Å². The predicted octanol–water partition coefficient (Wildman–Crippen LogP) is 5.49. The van der Waals surface area contributed by atoms with Gasteiger partial charge in [0, 0.05) is 24.7 Å². The van der Waals surface area contributed by atoms with Crippen LogP contribution in [0.4, 0.5) is 11.4 Å². The van der Waals surface area contributed by atoms with Crippen molar-refractivity contribution < 1.29 is 9.53 Å². The van der Waals surface area contributed by atoms with Gasteiger partial charge < -0.3 is 15.0 Å². The van der Waals surface area contributed by atoms with Crippen LogP contribution in [0.2, 0.25) is 0 Å². The maximum atomic E-state index is 12.6. The number of amides is 1. The molecule has 0 spiro atoms. The standard InChI is InChI=1S/C24H27N3O2/c28-24(17-8-2-3-9-17)25-18-12-13-21-19(16-18)23(27-14-6-1-7-15-27)26-20-10-4-5-11-22(20)29-21/h4-5,10-13,16-17H,1-3,6-9,14-15H2,(H,25,28). The molecule has 0 radical (unpaired) electrons. The number of nitrogens with one attached hydrogen (secondary N) is 1. The Bertz CT molecular complexity index is 941. The number of benzene rings is 2. The van der Waals surface area contributed by atoms with Gasteiger partial charge in [0.15, 0.2) is 5.75 Å². The second-order valence-electron chi connectivity index (χ2n) is 8.23. The van der Waals surface area contributed by atoms with Crippen LogP contribution < -0.4 is 10.1 Å². The fraction of sp³-hybridized carbons (Fsp3) is 0.417.